The highest BCUT2D eigenvalue weighted by molar-refractivity contribution is 9.10. The van der Waals surface area contributed by atoms with E-state index in [9.17, 15) is 5.11 Å². The third-order valence-electron chi connectivity index (χ3n) is 3.69. The van der Waals surface area contributed by atoms with Gasteiger partial charge in [0, 0.05) is 4.47 Å². The van der Waals surface area contributed by atoms with Gasteiger partial charge in [-0.15, -0.1) is 0 Å². The average molecular weight is 419 g/mol. The highest BCUT2D eigenvalue weighted by Gasteiger charge is 2.16. The lowest BCUT2D eigenvalue weighted by Crippen LogP contribution is -2.06. The minimum Gasteiger partial charge on any atom is -0.493 e. The lowest BCUT2D eigenvalue weighted by atomic mass is 10.1. The Morgan fingerprint density at radius 2 is 1.83 bits per heavy atom. The number of nitrogens with zero attached hydrogens (tertiary/aromatic N) is 2. The molecule has 1 aromatic heterocycles. The third-order valence-corrected chi connectivity index (χ3v) is 5.68. The van der Waals surface area contributed by atoms with E-state index in [1.54, 1.807) is 10.8 Å². The number of benzene rings is 2. The van der Waals surface area contributed by atoms with Crippen molar-refractivity contribution in [2.75, 3.05) is 0 Å². The van der Waals surface area contributed by atoms with Crippen molar-refractivity contribution in [2.24, 2.45) is 4.99 Å². The largest absolute Gasteiger partial charge is 0.493 e. The van der Waals surface area contributed by atoms with Crippen molar-refractivity contribution in [3.63, 3.8) is 0 Å². The molecule has 0 fully saturated rings. The van der Waals surface area contributed by atoms with Crippen molar-refractivity contribution in [3.8, 4) is 5.88 Å². The standard InChI is InChI=1S/C18H15BrN2OS2/c1-12(13-7-3-2-4-8-13)21-17(22)16(24-18(21)23)11-20-15-10-6-5-9-14(15)19/h2-12,22H,1H3/t12-/m0/s1. The highest BCUT2D eigenvalue weighted by Crippen LogP contribution is 2.32. The minimum absolute atomic E-state index is 0.0411. The van der Waals surface area contributed by atoms with Gasteiger partial charge in [0.05, 0.1) is 17.9 Å². The number of thiazole rings is 1. The van der Waals surface area contributed by atoms with Crippen LogP contribution in [-0.2, 0) is 0 Å². The van der Waals surface area contributed by atoms with Crippen molar-refractivity contribution in [3.05, 3.63) is 73.5 Å². The second-order valence-corrected chi connectivity index (χ2v) is 7.75. The molecule has 122 valence electrons. The third kappa shape index (κ3) is 3.50. The van der Waals surface area contributed by atoms with Crippen molar-refractivity contribution in [1.82, 2.24) is 4.57 Å². The van der Waals surface area contributed by atoms with E-state index in [4.69, 9.17) is 12.2 Å². The van der Waals surface area contributed by atoms with Gasteiger partial charge in [0.25, 0.3) is 0 Å². The Hall–Kier alpha value is -1.76. The first-order valence-corrected chi connectivity index (χ1v) is 9.37. The van der Waals surface area contributed by atoms with Crippen LogP contribution in [0.25, 0.3) is 0 Å². The van der Waals surface area contributed by atoms with Crippen LogP contribution in [0.2, 0.25) is 0 Å². The summed E-state index contributed by atoms with van der Waals surface area (Å²) < 4.78 is 3.29. The molecule has 0 spiro atoms. The Bertz CT molecular complexity index is 932. The SMILES string of the molecule is C[C@@H](c1ccccc1)n1c(O)c(C=Nc2ccccc2Br)sc1=S. The van der Waals surface area contributed by atoms with Crippen LogP contribution in [0.3, 0.4) is 0 Å². The maximum absolute atomic E-state index is 10.6. The average Bonchev–Trinajstić information content (AvgIpc) is 2.88. The van der Waals surface area contributed by atoms with Crippen LogP contribution in [-0.4, -0.2) is 15.9 Å². The summed E-state index contributed by atoms with van der Waals surface area (Å²) in [5.41, 5.74) is 1.90. The highest BCUT2D eigenvalue weighted by atomic mass is 79.9. The van der Waals surface area contributed by atoms with Gasteiger partial charge in [-0.2, -0.15) is 0 Å². The maximum atomic E-state index is 10.6. The summed E-state index contributed by atoms with van der Waals surface area (Å²) in [6, 6.07) is 17.6. The Balaban J connectivity index is 1.96. The van der Waals surface area contributed by atoms with Crippen LogP contribution in [0, 0.1) is 3.95 Å². The molecular formula is C18H15BrN2OS2. The van der Waals surface area contributed by atoms with Gasteiger partial charge in [-0.1, -0.05) is 53.8 Å². The number of aliphatic imine (C=N–C) groups is 1. The molecular weight excluding hydrogens is 404 g/mol. The van der Waals surface area contributed by atoms with Crippen molar-refractivity contribution < 1.29 is 5.11 Å². The number of para-hydroxylation sites is 1. The van der Waals surface area contributed by atoms with Crippen molar-refractivity contribution >= 4 is 51.4 Å². The van der Waals surface area contributed by atoms with Crippen molar-refractivity contribution in [2.45, 2.75) is 13.0 Å². The zero-order valence-corrected chi connectivity index (χ0v) is 16.1. The molecule has 24 heavy (non-hydrogen) atoms. The molecule has 0 aliphatic heterocycles. The number of rotatable bonds is 4. The Morgan fingerprint density at radius 1 is 1.17 bits per heavy atom. The fraction of sp³-hybridized carbons (Fsp3) is 0.111. The zero-order chi connectivity index (χ0) is 17.1. The molecule has 2 aromatic carbocycles. The summed E-state index contributed by atoms with van der Waals surface area (Å²) in [6.45, 7) is 2.02. The summed E-state index contributed by atoms with van der Waals surface area (Å²) in [4.78, 5) is 5.09. The van der Waals surface area contributed by atoms with E-state index in [-0.39, 0.29) is 11.9 Å². The predicted molar refractivity (Wildman–Crippen MR) is 106 cm³/mol. The van der Waals surface area contributed by atoms with E-state index in [1.165, 1.54) is 11.3 Å². The van der Waals surface area contributed by atoms with Gasteiger partial charge in [-0.3, -0.25) is 9.56 Å². The molecule has 1 N–H and O–H groups in total. The number of halogens is 1. The first-order chi connectivity index (χ1) is 11.6. The van der Waals surface area contributed by atoms with Crippen LogP contribution in [0.15, 0.2) is 64.1 Å². The molecule has 0 aliphatic carbocycles. The molecule has 3 rings (SSSR count). The van der Waals surface area contributed by atoms with Gasteiger partial charge in [0.15, 0.2) is 3.95 Å². The molecule has 0 bridgehead atoms. The predicted octanol–water partition coefficient (Wildman–Crippen LogP) is 6.11. The number of hydrogen-bond acceptors (Lipinski definition) is 4. The lowest BCUT2D eigenvalue weighted by Gasteiger charge is -2.14. The Morgan fingerprint density at radius 3 is 2.54 bits per heavy atom. The van der Waals surface area contributed by atoms with Crippen LogP contribution in [0.4, 0.5) is 5.69 Å². The van der Waals surface area contributed by atoms with Crippen LogP contribution in [0.1, 0.15) is 23.4 Å². The molecule has 0 aliphatic rings. The van der Waals surface area contributed by atoms with E-state index in [1.807, 2.05) is 61.5 Å². The second-order valence-electron chi connectivity index (χ2n) is 5.22. The van der Waals surface area contributed by atoms with Crippen LogP contribution >= 0.6 is 39.5 Å². The maximum Gasteiger partial charge on any atom is 0.212 e. The fourth-order valence-electron chi connectivity index (χ4n) is 2.38. The normalized spacial score (nSPS) is 12.6. The van der Waals surface area contributed by atoms with Gasteiger partial charge in [0.2, 0.25) is 5.88 Å². The van der Waals surface area contributed by atoms with E-state index < -0.39 is 0 Å². The smallest absolute Gasteiger partial charge is 0.212 e. The lowest BCUT2D eigenvalue weighted by molar-refractivity contribution is 0.405. The Labute approximate surface area is 158 Å². The number of aromatic nitrogens is 1. The molecule has 0 saturated carbocycles. The van der Waals surface area contributed by atoms with Gasteiger partial charge in [-0.05, 0) is 52.8 Å². The number of hydrogen-bond donors (Lipinski definition) is 1. The topological polar surface area (TPSA) is 37.5 Å². The second kappa shape index (κ2) is 7.42. The summed E-state index contributed by atoms with van der Waals surface area (Å²) >= 11 is 10.3. The first-order valence-electron chi connectivity index (χ1n) is 7.35. The van der Waals surface area contributed by atoms with E-state index in [0.717, 1.165) is 15.7 Å². The van der Waals surface area contributed by atoms with Crippen LogP contribution < -0.4 is 0 Å². The monoisotopic (exact) mass is 418 g/mol. The molecule has 0 saturated heterocycles. The van der Waals surface area contributed by atoms with Gasteiger partial charge < -0.3 is 5.11 Å². The molecule has 3 nitrogen and oxygen atoms in total. The molecule has 1 heterocycles. The summed E-state index contributed by atoms with van der Waals surface area (Å²) in [5, 5.41) is 10.6. The van der Waals surface area contributed by atoms with E-state index >= 15 is 0 Å². The van der Waals surface area contributed by atoms with Gasteiger partial charge in [0.1, 0.15) is 4.88 Å². The molecule has 1 atom stereocenters. The van der Waals surface area contributed by atoms with Crippen molar-refractivity contribution in [1.29, 1.82) is 0 Å². The quantitative estimate of drug-likeness (QED) is 0.409. The fourth-order valence-corrected chi connectivity index (χ4v) is 4.11. The zero-order valence-electron chi connectivity index (χ0n) is 12.9. The van der Waals surface area contributed by atoms with Gasteiger partial charge in [-0.25, -0.2) is 0 Å². The van der Waals surface area contributed by atoms with Gasteiger partial charge >= 0.3 is 0 Å². The summed E-state index contributed by atoms with van der Waals surface area (Å²) in [7, 11) is 0. The van der Waals surface area contributed by atoms with E-state index in [0.29, 0.717) is 8.83 Å². The minimum atomic E-state index is -0.0411. The Kier molecular flexibility index (Phi) is 5.28. The molecule has 0 unspecified atom stereocenters. The van der Waals surface area contributed by atoms with E-state index in [2.05, 4.69) is 20.9 Å². The molecule has 3 aromatic rings. The summed E-state index contributed by atoms with van der Waals surface area (Å²) in [6.07, 6.45) is 1.66. The summed E-state index contributed by atoms with van der Waals surface area (Å²) in [5.74, 6) is 0.150. The van der Waals surface area contributed by atoms with Crippen LogP contribution in [0.5, 0.6) is 5.88 Å². The molecule has 0 radical (unpaired) electrons. The number of aromatic hydroxyl groups is 1. The first kappa shape index (κ1) is 17.1. The molecule has 6 heteroatoms. The molecule has 0 amide bonds.